The number of anilines is 2. The Balaban J connectivity index is 1.50. The van der Waals surface area contributed by atoms with Gasteiger partial charge in [-0.1, -0.05) is 12.1 Å². The number of para-hydroxylation sites is 2. The standard InChI is InChI=1S/C20H20N4O4/c1-2-28-17-6-4-3-5-16(17)24-11-12(9-18(24)25)19(26)21-13-7-8-14-15(10-13)23-20(27)22-14/h3-8,10,12H,2,9,11H2,1H3,(H,21,26)(H2,22,23,27). The number of H-pyrrole nitrogens is 2. The predicted octanol–water partition coefficient (Wildman–Crippen LogP) is 2.25. The number of fused-ring (bicyclic) bond motifs is 1. The van der Waals surface area contributed by atoms with Crippen LogP contribution < -0.4 is 20.6 Å². The zero-order valence-corrected chi connectivity index (χ0v) is 15.3. The average Bonchev–Trinajstić information content (AvgIpc) is 3.24. The van der Waals surface area contributed by atoms with Gasteiger partial charge in [-0.05, 0) is 37.3 Å². The maximum absolute atomic E-state index is 12.7. The van der Waals surface area contributed by atoms with Crippen LogP contribution in [0.3, 0.4) is 0 Å². The molecule has 0 saturated carbocycles. The van der Waals surface area contributed by atoms with Gasteiger partial charge in [0.05, 0.1) is 29.2 Å². The number of carbonyl (C=O) groups is 2. The number of benzene rings is 2. The van der Waals surface area contributed by atoms with Crippen LogP contribution in [0.2, 0.25) is 0 Å². The molecule has 3 N–H and O–H groups in total. The zero-order valence-electron chi connectivity index (χ0n) is 15.3. The molecule has 3 aromatic rings. The van der Waals surface area contributed by atoms with Gasteiger partial charge in [-0.2, -0.15) is 0 Å². The van der Waals surface area contributed by atoms with Gasteiger partial charge >= 0.3 is 5.69 Å². The minimum atomic E-state index is -0.469. The number of carbonyl (C=O) groups excluding carboxylic acids is 2. The highest BCUT2D eigenvalue weighted by atomic mass is 16.5. The Morgan fingerprint density at radius 3 is 2.79 bits per heavy atom. The fourth-order valence-electron chi connectivity index (χ4n) is 3.43. The molecule has 0 spiro atoms. The molecule has 144 valence electrons. The van der Waals surface area contributed by atoms with Gasteiger partial charge < -0.3 is 24.9 Å². The Bertz CT molecular complexity index is 1100. The lowest BCUT2D eigenvalue weighted by Crippen LogP contribution is -2.28. The van der Waals surface area contributed by atoms with Crippen molar-refractivity contribution in [2.75, 3.05) is 23.4 Å². The number of hydrogen-bond donors (Lipinski definition) is 3. The number of aromatic nitrogens is 2. The summed E-state index contributed by atoms with van der Waals surface area (Å²) < 4.78 is 5.61. The molecule has 8 heteroatoms. The normalized spacial score (nSPS) is 16.5. The van der Waals surface area contributed by atoms with Crippen molar-refractivity contribution >= 4 is 34.2 Å². The van der Waals surface area contributed by atoms with Crippen LogP contribution in [0.1, 0.15) is 13.3 Å². The summed E-state index contributed by atoms with van der Waals surface area (Å²) in [6.45, 7) is 2.66. The number of hydrogen-bond acceptors (Lipinski definition) is 4. The molecule has 1 fully saturated rings. The molecule has 8 nitrogen and oxygen atoms in total. The molecule has 4 rings (SSSR count). The van der Waals surface area contributed by atoms with Crippen LogP contribution in [0.4, 0.5) is 11.4 Å². The quantitative estimate of drug-likeness (QED) is 0.631. The summed E-state index contributed by atoms with van der Waals surface area (Å²) in [5, 5.41) is 2.83. The van der Waals surface area contributed by atoms with Crippen molar-refractivity contribution in [1.82, 2.24) is 9.97 Å². The van der Waals surface area contributed by atoms with Gasteiger partial charge in [0.25, 0.3) is 0 Å². The number of nitrogens with zero attached hydrogens (tertiary/aromatic N) is 1. The van der Waals surface area contributed by atoms with Crippen LogP contribution in [0.15, 0.2) is 47.3 Å². The third kappa shape index (κ3) is 3.36. The van der Waals surface area contributed by atoms with Crippen LogP contribution in [0.5, 0.6) is 5.75 Å². The van der Waals surface area contributed by atoms with E-state index in [1.54, 1.807) is 23.1 Å². The van der Waals surface area contributed by atoms with Crippen molar-refractivity contribution in [2.45, 2.75) is 13.3 Å². The number of rotatable bonds is 5. The molecular formula is C20H20N4O4. The van der Waals surface area contributed by atoms with E-state index in [1.165, 1.54) is 0 Å². The Hall–Kier alpha value is -3.55. The molecule has 1 saturated heterocycles. The molecule has 2 heterocycles. The van der Waals surface area contributed by atoms with Crippen LogP contribution >= 0.6 is 0 Å². The fourth-order valence-corrected chi connectivity index (χ4v) is 3.43. The van der Waals surface area contributed by atoms with E-state index in [0.717, 1.165) is 0 Å². The molecule has 1 atom stereocenters. The summed E-state index contributed by atoms with van der Waals surface area (Å²) >= 11 is 0. The molecule has 1 aliphatic heterocycles. The van der Waals surface area contributed by atoms with Gasteiger partial charge in [-0.3, -0.25) is 9.59 Å². The number of imidazole rings is 1. The van der Waals surface area contributed by atoms with Crippen molar-refractivity contribution in [3.63, 3.8) is 0 Å². The summed E-state index contributed by atoms with van der Waals surface area (Å²) in [5.74, 6) is -0.191. The Kier molecular flexibility index (Phi) is 4.60. The highest BCUT2D eigenvalue weighted by Gasteiger charge is 2.36. The summed E-state index contributed by atoms with van der Waals surface area (Å²) in [4.78, 5) is 43.5. The highest BCUT2D eigenvalue weighted by Crippen LogP contribution is 2.33. The molecule has 0 radical (unpaired) electrons. The SMILES string of the molecule is CCOc1ccccc1N1CC(C(=O)Nc2ccc3[nH]c(=O)[nH]c3c2)CC1=O. The molecule has 2 amide bonds. The Morgan fingerprint density at radius 2 is 1.96 bits per heavy atom. The molecule has 28 heavy (non-hydrogen) atoms. The molecule has 1 unspecified atom stereocenters. The first-order valence-electron chi connectivity index (χ1n) is 9.10. The van der Waals surface area contributed by atoms with Crippen LogP contribution in [-0.2, 0) is 9.59 Å². The second kappa shape index (κ2) is 7.22. The number of amides is 2. The minimum absolute atomic E-state index is 0.113. The third-order valence-electron chi connectivity index (χ3n) is 4.74. The molecule has 0 aliphatic carbocycles. The van der Waals surface area contributed by atoms with Gasteiger partial charge in [0.2, 0.25) is 11.8 Å². The van der Waals surface area contributed by atoms with E-state index < -0.39 is 5.92 Å². The van der Waals surface area contributed by atoms with Crippen molar-refractivity contribution < 1.29 is 14.3 Å². The van der Waals surface area contributed by atoms with Crippen LogP contribution in [-0.4, -0.2) is 34.9 Å². The molecule has 1 aromatic heterocycles. The number of aromatic amines is 2. The summed E-state index contributed by atoms with van der Waals surface area (Å²) in [6.07, 6.45) is 0.134. The first-order valence-corrected chi connectivity index (χ1v) is 9.10. The minimum Gasteiger partial charge on any atom is -0.492 e. The van der Waals surface area contributed by atoms with E-state index in [4.69, 9.17) is 4.74 Å². The van der Waals surface area contributed by atoms with Crippen molar-refractivity contribution in [1.29, 1.82) is 0 Å². The first kappa shape index (κ1) is 17.8. The van der Waals surface area contributed by atoms with E-state index in [9.17, 15) is 14.4 Å². The van der Waals surface area contributed by atoms with E-state index in [0.29, 0.717) is 34.8 Å². The molecule has 2 aromatic carbocycles. The Morgan fingerprint density at radius 1 is 1.18 bits per heavy atom. The monoisotopic (exact) mass is 380 g/mol. The fraction of sp³-hybridized carbons (Fsp3) is 0.250. The topological polar surface area (TPSA) is 107 Å². The largest absolute Gasteiger partial charge is 0.492 e. The maximum Gasteiger partial charge on any atom is 0.323 e. The number of nitrogens with one attached hydrogen (secondary N) is 3. The lowest BCUT2D eigenvalue weighted by molar-refractivity contribution is -0.122. The van der Waals surface area contributed by atoms with E-state index in [-0.39, 0.29) is 30.5 Å². The second-order valence-corrected chi connectivity index (χ2v) is 6.63. The Labute approximate surface area is 160 Å². The smallest absolute Gasteiger partial charge is 0.323 e. The summed E-state index contributed by atoms with van der Waals surface area (Å²) in [6, 6.07) is 12.4. The van der Waals surface area contributed by atoms with Crippen LogP contribution in [0, 0.1) is 5.92 Å². The average molecular weight is 380 g/mol. The van der Waals surface area contributed by atoms with Gasteiger partial charge in [-0.25, -0.2) is 4.79 Å². The molecule has 0 bridgehead atoms. The maximum atomic E-state index is 12.7. The summed E-state index contributed by atoms with van der Waals surface area (Å²) in [7, 11) is 0. The van der Waals surface area contributed by atoms with Gasteiger partial charge in [-0.15, -0.1) is 0 Å². The van der Waals surface area contributed by atoms with Gasteiger partial charge in [0.1, 0.15) is 5.75 Å². The third-order valence-corrected chi connectivity index (χ3v) is 4.74. The van der Waals surface area contributed by atoms with Crippen molar-refractivity contribution in [3.8, 4) is 5.75 Å². The predicted molar refractivity (Wildman–Crippen MR) is 106 cm³/mol. The van der Waals surface area contributed by atoms with Crippen LogP contribution in [0.25, 0.3) is 11.0 Å². The van der Waals surface area contributed by atoms with E-state index in [2.05, 4.69) is 15.3 Å². The molecular weight excluding hydrogens is 360 g/mol. The van der Waals surface area contributed by atoms with Gasteiger partial charge in [0.15, 0.2) is 0 Å². The molecule has 1 aliphatic rings. The van der Waals surface area contributed by atoms with Gasteiger partial charge in [0, 0.05) is 18.7 Å². The summed E-state index contributed by atoms with van der Waals surface area (Å²) in [5.41, 5.74) is 2.21. The van der Waals surface area contributed by atoms with Crippen molar-refractivity contribution in [3.05, 3.63) is 52.9 Å². The van der Waals surface area contributed by atoms with Crippen molar-refractivity contribution in [2.24, 2.45) is 5.92 Å². The second-order valence-electron chi connectivity index (χ2n) is 6.63. The first-order chi connectivity index (χ1) is 13.5. The highest BCUT2D eigenvalue weighted by molar-refractivity contribution is 6.04. The lowest BCUT2D eigenvalue weighted by atomic mass is 10.1. The van der Waals surface area contributed by atoms with E-state index in [1.807, 2.05) is 31.2 Å². The number of ether oxygens (including phenoxy) is 1. The zero-order chi connectivity index (χ0) is 19.7. The lowest BCUT2D eigenvalue weighted by Gasteiger charge is -2.20. The van der Waals surface area contributed by atoms with E-state index >= 15 is 0 Å².